The van der Waals surface area contributed by atoms with Crippen LogP contribution in [-0.4, -0.2) is 25.5 Å². The number of halogens is 1. The third-order valence-electron chi connectivity index (χ3n) is 3.65. The molecule has 3 aromatic rings. The van der Waals surface area contributed by atoms with E-state index in [1.54, 1.807) is 10.9 Å². The lowest BCUT2D eigenvalue weighted by Gasteiger charge is -2.04. The highest BCUT2D eigenvalue weighted by Gasteiger charge is 2.17. The molecule has 0 saturated heterocycles. The van der Waals surface area contributed by atoms with E-state index in [9.17, 15) is 4.79 Å². The molecule has 6 nitrogen and oxygen atoms in total. The summed E-state index contributed by atoms with van der Waals surface area (Å²) >= 11 is 6.06. The first kappa shape index (κ1) is 16.3. The van der Waals surface area contributed by atoms with Crippen LogP contribution in [0.15, 0.2) is 42.6 Å². The molecule has 0 spiro atoms. The monoisotopic (exact) mass is 343 g/mol. The Morgan fingerprint density at radius 1 is 1.25 bits per heavy atom. The maximum Gasteiger partial charge on any atom is 0.278 e. The van der Waals surface area contributed by atoms with Crippen molar-refractivity contribution in [3.63, 3.8) is 0 Å². The predicted molar refractivity (Wildman–Crippen MR) is 93.4 cm³/mol. The molecule has 7 heteroatoms. The quantitative estimate of drug-likeness (QED) is 0.772. The summed E-state index contributed by atoms with van der Waals surface area (Å²) in [6.45, 7) is 5.18. The fourth-order valence-electron chi connectivity index (χ4n) is 2.38. The Labute approximate surface area is 145 Å². The van der Waals surface area contributed by atoms with E-state index >= 15 is 0 Å². The van der Waals surface area contributed by atoms with Crippen molar-refractivity contribution in [3.8, 4) is 0 Å². The second-order valence-electron chi connectivity index (χ2n) is 5.45. The number of rotatable bonds is 5. The van der Waals surface area contributed by atoms with E-state index in [1.165, 1.54) is 0 Å². The lowest BCUT2D eigenvalue weighted by atomic mass is 10.2. The zero-order valence-corrected chi connectivity index (χ0v) is 14.3. The summed E-state index contributed by atoms with van der Waals surface area (Å²) in [6.07, 6.45) is 1.63. The number of anilines is 1. The first-order valence-electron chi connectivity index (χ1n) is 7.69. The van der Waals surface area contributed by atoms with Crippen molar-refractivity contribution in [2.45, 2.75) is 26.9 Å². The van der Waals surface area contributed by atoms with Crippen LogP contribution in [0, 0.1) is 6.92 Å². The number of nitrogens with one attached hydrogen (secondary N) is 1. The summed E-state index contributed by atoms with van der Waals surface area (Å²) < 4.78 is 3.47. The lowest BCUT2D eigenvalue weighted by Crippen LogP contribution is -2.14. The number of aromatic nitrogens is 4. The Morgan fingerprint density at radius 2 is 2.00 bits per heavy atom. The van der Waals surface area contributed by atoms with Crippen molar-refractivity contribution in [1.29, 1.82) is 0 Å². The van der Waals surface area contributed by atoms with Crippen molar-refractivity contribution in [3.05, 3.63) is 64.6 Å². The fourth-order valence-corrected chi connectivity index (χ4v) is 2.61. The molecule has 1 aromatic carbocycles. The molecule has 1 N–H and O–H groups in total. The molecule has 0 bridgehead atoms. The van der Waals surface area contributed by atoms with Crippen molar-refractivity contribution in [2.24, 2.45) is 0 Å². The van der Waals surface area contributed by atoms with Gasteiger partial charge >= 0.3 is 0 Å². The molecule has 2 heterocycles. The van der Waals surface area contributed by atoms with Gasteiger partial charge in [-0.2, -0.15) is 10.2 Å². The van der Waals surface area contributed by atoms with Gasteiger partial charge in [0, 0.05) is 24.5 Å². The molecule has 24 heavy (non-hydrogen) atoms. The summed E-state index contributed by atoms with van der Waals surface area (Å²) in [7, 11) is 0. The number of aryl methyl sites for hydroxylation is 2. The van der Waals surface area contributed by atoms with Gasteiger partial charge in [-0.15, -0.1) is 0 Å². The number of carbonyl (C=O) groups is 1. The van der Waals surface area contributed by atoms with Crippen LogP contribution in [-0.2, 0) is 13.1 Å². The van der Waals surface area contributed by atoms with Crippen LogP contribution in [0.2, 0.25) is 5.02 Å². The molecule has 1 amide bonds. The Kier molecular flexibility index (Phi) is 4.66. The van der Waals surface area contributed by atoms with Gasteiger partial charge in [-0.25, -0.2) is 0 Å². The molecule has 0 aliphatic carbocycles. The van der Waals surface area contributed by atoms with E-state index in [0.717, 1.165) is 11.3 Å². The zero-order valence-electron chi connectivity index (χ0n) is 13.5. The van der Waals surface area contributed by atoms with Crippen LogP contribution in [0.25, 0.3) is 0 Å². The number of amides is 1. The second-order valence-corrected chi connectivity index (χ2v) is 5.86. The van der Waals surface area contributed by atoms with E-state index in [-0.39, 0.29) is 11.6 Å². The minimum absolute atomic E-state index is 0.203. The van der Waals surface area contributed by atoms with Gasteiger partial charge in [0.1, 0.15) is 0 Å². The van der Waals surface area contributed by atoms with Crippen LogP contribution >= 0.6 is 11.6 Å². The Balaban J connectivity index is 1.75. The van der Waals surface area contributed by atoms with Gasteiger partial charge in [0.05, 0.1) is 11.6 Å². The second kappa shape index (κ2) is 6.88. The van der Waals surface area contributed by atoms with Gasteiger partial charge < -0.3 is 5.32 Å². The number of carbonyl (C=O) groups excluding carboxylic acids is 1. The minimum Gasteiger partial charge on any atom is -0.304 e. The van der Waals surface area contributed by atoms with E-state index in [0.29, 0.717) is 23.9 Å². The van der Waals surface area contributed by atoms with Gasteiger partial charge in [-0.05, 0) is 19.4 Å². The molecule has 3 rings (SSSR count). The molecule has 0 aliphatic heterocycles. The maximum absolute atomic E-state index is 12.3. The van der Waals surface area contributed by atoms with Crippen LogP contribution in [0.4, 0.5) is 5.82 Å². The predicted octanol–water partition coefficient (Wildman–Crippen LogP) is 3.36. The Hall–Kier alpha value is -2.60. The number of nitrogens with zero attached hydrogens (tertiary/aromatic N) is 4. The van der Waals surface area contributed by atoms with Crippen molar-refractivity contribution >= 4 is 23.3 Å². The average molecular weight is 344 g/mol. The summed E-state index contributed by atoms with van der Waals surface area (Å²) in [5, 5.41) is 11.7. The Bertz CT molecular complexity index is 853. The molecular weight excluding hydrogens is 326 g/mol. The molecule has 0 radical (unpaired) electrons. The molecule has 0 aliphatic rings. The molecule has 124 valence electrons. The molecule has 0 saturated carbocycles. The molecule has 0 atom stereocenters. The van der Waals surface area contributed by atoms with E-state index < -0.39 is 0 Å². The van der Waals surface area contributed by atoms with Crippen LogP contribution in [0.5, 0.6) is 0 Å². The van der Waals surface area contributed by atoms with Crippen molar-refractivity contribution in [1.82, 2.24) is 19.6 Å². The van der Waals surface area contributed by atoms with Crippen molar-refractivity contribution < 1.29 is 4.79 Å². The number of benzene rings is 1. The average Bonchev–Trinajstić information content (AvgIpc) is 3.11. The standard InChI is InChI=1S/C17H18ClN5O/c1-3-22-11-14(18)16(21-22)17(24)19-15-9-12(2)23(20-15)10-13-7-5-4-6-8-13/h4-9,11H,3,10H2,1-2H3,(H,19,20,24). The van der Waals surface area contributed by atoms with E-state index in [2.05, 4.69) is 15.5 Å². The highest BCUT2D eigenvalue weighted by Crippen LogP contribution is 2.17. The summed E-state index contributed by atoms with van der Waals surface area (Å²) in [4.78, 5) is 12.3. The number of hydrogen-bond acceptors (Lipinski definition) is 3. The molecular formula is C17H18ClN5O. The summed E-state index contributed by atoms with van der Waals surface area (Å²) in [5.41, 5.74) is 2.31. The van der Waals surface area contributed by atoms with Crippen LogP contribution < -0.4 is 5.32 Å². The fraction of sp³-hybridized carbons (Fsp3) is 0.235. The third-order valence-corrected chi connectivity index (χ3v) is 3.93. The Morgan fingerprint density at radius 3 is 2.67 bits per heavy atom. The van der Waals surface area contributed by atoms with Gasteiger partial charge in [0.25, 0.3) is 5.91 Å². The lowest BCUT2D eigenvalue weighted by molar-refractivity contribution is 0.102. The van der Waals surface area contributed by atoms with Gasteiger partial charge in [0.15, 0.2) is 11.5 Å². The van der Waals surface area contributed by atoms with Crippen LogP contribution in [0.3, 0.4) is 0 Å². The van der Waals surface area contributed by atoms with E-state index in [4.69, 9.17) is 11.6 Å². The topological polar surface area (TPSA) is 64.7 Å². The highest BCUT2D eigenvalue weighted by atomic mass is 35.5. The van der Waals surface area contributed by atoms with E-state index in [1.807, 2.05) is 54.9 Å². The van der Waals surface area contributed by atoms with Gasteiger partial charge in [0.2, 0.25) is 0 Å². The maximum atomic E-state index is 12.3. The summed E-state index contributed by atoms with van der Waals surface area (Å²) in [6, 6.07) is 11.9. The minimum atomic E-state index is -0.364. The normalized spacial score (nSPS) is 10.8. The van der Waals surface area contributed by atoms with Gasteiger partial charge in [-0.3, -0.25) is 14.2 Å². The van der Waals surface area contributed by atoms with Gasteiger partial charge in [-0.1, -0.05) is 41.9 Å². The molecule has 2 aromatic heterocycles. The number of hydrogen-bond donors (Lipinski definition) is 1. The third kappa shape index (κ3) is 3.49. The first-order valence-corrected chi connectivity index (χ1v) is 8.07. The summed E-state index contributed by atoms with van der Waals surface area (Å²) in [5.74, 6) is 0.118. The smallest absolute Gasteiger partial charge is 0.278 e. The molecule has 0 unspecified atom stereocenters. The van der Waals surface area contributed by atoms with Crippen LogP contribution in [0.1, 0.15) is 28.7 Å². The SMILES string of the molecule is CCn1cc(Cl)c(C(=O)Nc2cc(C)n(Cc3ccccc3)n2)n1. The van der Waals surface area contributed by atoms with Crippen molar-refractivity contribution in [2.75, 3.05) is 5.32 Å². The first-order chi connectivity index (χ1) is 11.6. The molecule has 0 fully saturated rings. The largest absolute Gasteiger partial charge is 0.304 e. The highest BCUT2D eigenvalue weighted by molar-refractivity contribution is 6.34. The zero-order chi connectivity index (χ0) is 17.1.